The first-order valence-electron chi connectivity index (χ1n) is 9.32. The van der Waals surface area contributed by atoms with E-state index in [9.17, 15) is 4.79 Å². The molecule has 0 aliphatic carbocycles. The summed E-state index contributed by atoms with van der Waals surface area (Å²) in [6.45, 7) is 12.7. The summed E-state index contributed by atoms with van der Waals surface area (Å²) in [6.07, 6.45) is 1.64. The van der Waals surface area contributed by atoms with Gasteiger partial charge in [0, 0.05) is 0 Å². The fourth-order valence-electron chi connectivity index (χ4n) is 2.67. The molecule has 0 aliphatic rings. The molecule has 1 N–H and O–H groups in total. The second-order valence-corrected chi connectivity index (χ2v) is 8.15. The Bertz CT molecular complexity index is 800. The predicted molar refractivity (Wildman–Crippen MR) is 112 cm³/mol. The van der Waals surface area contributed by atoms with Gasteiger partial charge in [0.15, 0.2) is 6.61 Å². The van der Waals surface area contributed by atoms with Gasteiger partial charge in [0.1, 0.15) is 5.75 Å². The van der Waals surface area contributed by atoms with E-state index >= 15 is 0 Å². The number of carbonyl (C=O) groups is 1. The predicted octanol–water partition coefficient (Wildman–Crippen LogP) is 4.95. The number of nitrogens with one attached hydrogen (secondary N) is 1. The number of hydrogen-bond donors (Lipinski definition) is 1. The van der Waals surface area contributed by atoms with Crippen molar-refractivity contribution in [3.63, 3.8) is 0 Å². The molecule has 0 unspecified atom stereocenters. The number of nitrogens with zero attached hydrogens (tertiary/aromatic N) is 1. The molecule has 0 radical (unpaired) electrons. The molecular weight excluding hydrogens is 336 g/mol. The minimum Gasteiger partial charge on any atom is -0.483 e. The zero-order valence-electron chi connectivity index (χ0n) is 17.2. The third-order valence-corrected chi connectivity index (χ3v) is 4.33. The molecule has 2 aromatic rings. The van der Waals surface area contributed by atoms with Crippen molar-refractivity contribution in [2.45, 2.75) is 52.9 Å². The summed E-state index contributed by atoms with van der Waals surface area (Å²) >= 11 is 0. The first-order valence-corrected chi connectivity index (χ1v) is 9.32. The lowest BCUT2D eigenvalue weighted by Gasteiger charge is -2.18. The Morgan fingerprint density at radius 2 is 1.81 bits per heavy atom. The van der Waals surface area contributed by atoms with Crippen LogP contribution in [0.3, 0.4) is 0 Å². The molecule has 0 saturated heterocycles. The van der Waals surface area contributed by atoms with Crippen LogP contribution >= 0.6 is 0 Å². The maximum Gasteiger partial charge on any atom is 0.277 e. The van der Waals surface area contributed by atoms with Crippen LogP contribution in [0.1, 0.15) is 62.8 Å². The zero-order chi connectivity index (χ0) is 20.0. The Kier molecular flexibility index (Phi) is 6.78. The zero-order valence-corrected chi connectivity index (χ0v) is 17.2. The van der Waals surface area contributed by atoms with Crippen molar-refractivity contribution in [2.24, 2.45) is 5.10 Å². The topological polar surface area (TPSA) is 50.7 Å². The third-order valence-electron chi connectivity index (χ3n) is 4.33. The maximum atomic E-state index is 12.0. The smallest absolute Gasteiger partial charge is 0.277 e. The SMILES string of the molecule is Cc1ccc(C(C)C)c(OCC(=O)N/N=C/c2ccc(C(C)(C)C)cc2)c1. The van der Waals surface area contributed by atoms with Gasteiger partial charge < -0.3 is 4.74 Å². The van der Waals surface area contributed by atoms with Crippen LogP contribution in [0.2, 0.25) is 0 Å². The minimum atomic E-state index is -0.284. The molecule has 1 amide bonds. The highest BCUT2D eigenvalue weighted by Crippen LogP contribution is 2.27. The van der Waals surface area contributed by atoms with E-state index in [1.807, 2.05) is 31.2 Å². The van der Waals surface area contributed by atoms with Crippen molar-refractivity contribution in [3.8, 4) is 5.75 Å². The highest BCUT2D eigenvalue weighted by atomic mass is 16.5. The van der Waals surface area contributed by atoms with E-state index in [0.29, 0.717) is 5.92 Å². The first kappa shape index (κ1) is 20.7. The molecule has 0 bridgehead atoms. The summed E-state index contributed by atoms with van der Waals surface area (Å²) < 4.78 is 5.71. The highest BCUT2D eigenvalue weighted by Gasteiger charge is 2.12. The van der Waals surface area contributed by atoms with Crippen LogP contribution < -0.4 is 10.2 Å². The van der Waals surface area contributed by atoms with Crippen molar-refractivity contribution in [1.82, 2.24) is 5.43 Å². The number of amides is 1. The fraction of sp³-hybridized carbons (Fsp3) is 0.391. The molecule has 4 nitrogen and oxygen atoms in total. The van der Waals surface area contributed by atoms with Crippen molar-refractivity contribution in [3.05, 3.63) is 64.7 Å². The van der Waals surface area contributed by atoms with E-state index < -0.39 is 0 Å². The number of benzene rings is 2. The van der Waals surface area contributed by atoms with E-state index in [0.717, 1.165) is 22.4 Å². The van der Waals surface area contributed by atoms with Crippen molar-refractivity contribution in [2.75, 3.05) is 6.61 Å². The monoisotopic (exact) mass is 366 g/mol. The average molecular weight is 367 g/mol. The molecule has 0 spiro atoms. The van der Waals surface area contributed by atoms with Crippen molar-refractivity contribution >= 4 is 12.1 Å². The Balaban J connectivity index is 1.90. The summed E-state index contributed by atoms with van der Waals surface area (Å²) in [6, 6.07) is 14.2. The normalized spacial score (nSPS) is 11.8. The van der Waals surface area contributed by atoms with Crippen LogP contribution in [0.15, 0.2) is 47.6 Å². The second kappa shape index (κ2) is 8.85. The van der Waals surface area contributed by atoms with Crippen LogP contribution in [0, 0.1) is 6.92 Å². The quantitative estimate of drug-likeness (QED) is 0.581. The Morgan fingerprint density at radius 1 is 1.15 bits per heavy atom. The number of carbonyl (C=O) groups excluding carboxylic acids is 1. The van der Waals surface area contributed by atoms with E-state index in [2.05, 4.69) is 63.3 Å². The first-order chi connectivity index (χ1) is 12.7. The van der Waals surface area contributed by atoms with Gasteiger partial charge in [-0.25, -0.2) is 5.43 Å². The lowest BCUT2D eigenvalue weighted by Crippen LogP contribution is -2.25. The second-order valence-electron chi connectivity index (χ2n) is 8.15. The Labute approximate surface area is 162 Å². The molecule has 27 heavy (non-hydrogen) atoms. The number of aryl methyl sites for hydroxylation is 1. The van der Waals surface area contributed by atoms with Gasteiger partial charge >= 0.3 is 0 Å². The van der Waals surface area contributed by atoms with Crippen LogP contribution in [0.25, 0.3) is 0 Å². The van der Waals surface area contributed by atoms with Crippen molar-refractivity contribution in [1.29, 1.82) is 0 Å². The molecule has 2 aromatic carbocycles. The summed E-state index contributed by atoms with van der Waals surface area (Å²) in [7, 11) is 0. The van der Waals surface area contributed by atoms with Gasteiger partial charge in [0.25, 0.3) is 5.91 Å². The maximum absolute atomic E-state index is 12.0. The summed E-state index contributed by atoms with van der Waals surface area (Å²) in [5.74, 6) is 0.799. The molecule has 0 heterocycles. The van der Waals surface area contributed by atoms with Crippen LogP contribution in [0.4, 0.5) is 0 Å². The van der Waals surface area contributed by atoms with Crippen molar-refractivity contribution < 1.29 is 9.53 Å². The molecule has 0 atom stereocenters. The van der Waals surface area contributed by atoms with E-state index in [1.165, 1.54) is 5.56 Å². The lowest BCUT2D eigenvalue weighted by atomic mass is 9.87. The van der Waals surface area contributed by atoms with Gasteiger partial charge in [-0.05, 0) is 46.6 Å². The van der Waals surface area contributed by atoms with E-state index in [-0.39, 0.29) is 17.9 Å². The number of hydrogen-bond acceptors (Lipinski definition) is 3. The molecule has 0 aliphatic heterocycles. The molecule has 0 fully saturated rings. The van der Waals surface area contributed by atoms with Gasteiger partial charge in [-0.15, -0.1) is 0 Å². The highest BCUT2D eigenvalue weighted by molar-refractivity contribution is 5.83. The molecule has 2 rings (SSSR count). The van der Waals surface area contributed by atoms with Crippen LogP contribution in [0.5, 0.6) is 5.75 Å². The minimum absolute atomic E-state index is 0.0660. The largest absolute Gasteiger partial charge is 0.483 e. The summed E-state index contributed by atoms with van der Waals surface area (Å²) in [5.41, 5.74) is 7.02. The van der Waals surface area contributed by atoms with E-state index in [4.69, 9.17) is 4.74 Å². The number of ether oxygens (including phenoxy) is 1. The lowest BCUT2D eigenvalue weighted by molar-refractivity contribution is -0.123. The molecule has 4 heteroatoms. The average Bonchev–Trinajstić information content (AvgIpc) is 2.59. The van der Waals surface area contributed by atoms with Gasteiger partial charge in [0.05, 0.1) is 6.21 Å². The summed E-state index contributed by atoms with van der Waals surface area (Å²) in [4.78, 5) is 12.0. The molecular formula is C23H30N2O2. The third kappa shape index (κ3) is 6.24. The van der Waals surface area contributed by atoms with E-state index in [1.54, 1.807) is 6.21 Å². The standard InChI is InChI=1S/C23H30N2O2/c1-16(2)20-12-7-17(3)13-21(20)27-15-22(26)25-24-14-18-8-10-19(11-9-18)23(4,5)6/h7-14,16H,15H2,1-6H3,(H,25,26)/b24-14+. The summed E-state index contributed by atoms with van der Waals surface area (Å²) in [5, 5.41) is 4.02. The molecule has 0 saturated carbocycles. The molecule has 144 valence electrons. The Morgan fingerprint density at radius 3 is 2.41 bits per heavy atom. The van der Waals surface area contributed by atoms with Crippen LogP contribution in [-0.4, -0.2) is 18.7 Å². The number of hydrazone groups is 1. The van der Waals surface area contributed by atoms with Gasteiger partial charge in [-0.2, -0.15) is 5.10 Å². The number of rotatable bonds is 6. The van der Waals surface area contributed by atoms with Gasteiger partial charge in [0.2, 0.25) is 0 Å². The fourth-order valence-corrected chi connectivity index (χ4v) is 2.67. The van der Waals surface area contributed by atoms with Gasteiger partial charge in [-0.3, -0.25) is 4.79 Å². The van der Waals surface area contributed by atoms with Gasteiger partial charge in [-0.1, -0.05) is 71.0 Å². The van der Waals surface area contributed by atoms with Crippen LogP contribution in [-0.2, 0) is 10.2 Å². The Hall–Kier alpha value is -2.62. The molecule has 0 aromatic heterocycles.